The van der Waals surface area contributed by atoms with Crippen LogP contribution in [0.3, 0.4) is 0 Å². The first-order chi connectivity index (χ1) is 17.4. The number of fused-ring (bicyclic) bond motifs is 1. The van der Waals surface area contributed by atoms with E-state index in [0.717, 1.165) is 6.42 Å². The third-order valence-electron chi connectivity index (χ3n) is 5.33. The summed E-state index contributed by atoms with van der Waals surface area (Å²) < 4.78 is 9.59. The van der Waals surface area contributed by atoms with Crippen LogP contribution in [0.4, 0.5) is 0 Å². The molecule has 3 heterocycles. The summed E-state index contributed by atoms with van der Waals surface area (Å²) in [5, 5.41) is 13.1. The lowest BCUT2D eigenvalue weighted by Gasteiger charge is -2.09. The molecular weight excluding hydrogens is 464 g/mol. The number of aromatic nitrogens is 6. The number of hydrogen-bond donors (Lipinski definition) is 2. The molecule has 0 spiro atoms. The number of imidazole rings is 1. The van der Waals surface area contributed by atoms with Crippen LogP contribution in [0.15, 0.2) is 46.2 Å². The zero-order chi connectivity index (χ0) is 25.7. The SMILES string of the molecule is CCCn1c(=O)c2[nH]c(-c3cnn(CC#Cc4cccc(OCC(=O)O)c4)c3)nc2n(CCC)c1=O. The summed E-state index contributed by atoms with van der Waals surface area (Å²) in [6.45, 7) is 4.56. The van der Waals surface area contributed by atoms with Gasteiger partial charge in [0.15, 0.2) is 12.3 Å². The number of aryl methyl sites for hydroxylation is 1. The van der Waals surface area contributed by atoms with Crippen molar-refractivity contribution in [3.8, 4) is 29.0 Å². The predicted molar refractivity (Wildman–Crippen MR) is 133 cm³/mol. The van der Waals surface area contributed by atoms with Crippen molar-refractivity contribution in [2.75, 3.05) is 6.61 Å². The first kappa shape index (κ1) is 24.5. The summed E-state index contributed by atoms with van der Waals surface area (Å²) in [5.41, 5.74) is 1.25. The minimum Gasteiger partial charge on any atom is -0.482 e. The van der Waals surface area contributed by atoms with Gasteiger partial charge in [0.25, 0.3) is 5.56 Å². The fourth-order valence-corrected chi connectivity index (χ4v) is 3.75. The molecule has 0 aliphatic rings. The third-order valence-corrected chi connectivity index (χ3v) is 5.33. The number of ether oxygens (including phenoxy) is 1. The van der Waals surface area contributed by atoms with E-state index in [0.29, 0.717) is 59.9 Å². The van der Waals surface area contributed by atoms with Crippen molar-refractivity contribution in [2.45, 2.75) is 46.3 Å². The Hall–Kier alpha value is -4.59. The molecule has 11 nitrogen and oxygen atoms in total. The maximum atomic E-state index is 12.9. The Balaban J connectivity index is 1.57. The van der Waals surface area contributed by atoms with E-state index in [2.05, 4.69) is 26.9 Å². The van der Waals surface area contributed by atoms with E-state index in [9.17, 15) is 14.4 Å². The summed E-state index contributed by atoms with van der Waals surface area (Å²) in [7, 11) is 0. The summed E-state index contributed by atoms with van der Waals surface area (Å²) >= 11 is 0. The zero-order valence-corrected chi connectivity index (χ0v) is 20.0. The molecule has 0 atom stereocenters. The van der Waals surface area contributed by atoms with E-state index in [-0.39, 0.29) is 11.2 Å². The van der Waals surface area contributed by atoms with Crippen molar-refractivity contribution in [2.24, 2.45) is 0 Å². The van der Waals surface area contributed by atoms with Crippen molar-refractivity contribution < 1.29 is 14.6 Å². The lowest BCUT2D eigenvalue weighted by atomic mass is 10.2. The van der Waals surface area contributed by atoms with Gasteiger partial charge in [-0.1, -0.05) is 31.8 Å². The summed E-state index contributed by atoms with van der Waals surface area (Å²) in [6, 6.07) is 6.87. The molecule has 1 aromatic carbocycles. The van der Waals surface area contributed by atoms with Crippen LogP contribution in [0.5, 0.6) is 5.75 Å². The normalized spacial score (nSPS) is 10.8. The van der Waals surface area contributed by atoms with E-state index in [1.54, 1.807) is 41.3 Å². The fourth-order valence-electron chi connectivity index (χ4n) is 3.75. The molecule has 3 aromatic heterocycles. The van der Waals surface area contributed by atoms with Gasteiger partial charge in [-0.15, -0.1) is 0 Å². The highest BCUT2D eigenvalue weighted by Gasteiger charge is 2.18. The number of rotatable bonds is 9. The molecule has 0 aliphatic carbocycles. The Morgan fingerprint density at radius 1 is 1.17 bits per heavy atom. The summed E-state index contributed by atoms with van der Waals surface area (Å²) in [4.78, 5) is 44.1. The second-order valence-corrected chi connectivity index (χ2v) is 8.11. The number of H-pyrrole nitrogens is 1. The summed E-state index contributed by atoms with van der Waals surface area (Å²) in [6.07, 6.45) is 4.77. The van der Waals surface area contributed by atoms with E-state index in [4.69, 9.17) is 9.84 Å². The van der Waals surface area contributed by atoms with Crippen LogP contribution in [0.2, 0.25) is 0 Å². The van der Waals surface area contributed by atoms with Gasteiger partial charge in [0.1, 0.15) is 23.6 Å². The molecule has 0 fully saturated rings. The molecule has 4 aromatic rings. The monoisotopic (exact) mass is 490 g/mol. The molecule has 0 saturated heterocycles. The number of nitrogens with zero attached hydrogens (tertiary/aromatic N) is 5. The topological polar surface area (TPSA) is 137 Å². The largest absolute Gasteiger partial charge is 0.482 e. The number of aromatic amines is 1. The lowest BCUT2D eigenvalue weighted by Crippen LogP contribution is -2.40. The number of benzene rings is 1. The average molecular weight is 491 g/mol. The van der Waals surface area contributed by atoms with Crippen LogP contribution in [0.25, 0.3) is 22.6 Å². The Labute approximate surface area is 206 Å². The van der Waals surface area contributed by atoms with Crippen molar-refractivity contribution in [1.29, 1.82) is 0 Å². The van der Waals surface area contributed by atoms with Gasteiger partial charge in [-0.3, -0.25) is 18.6 Å². The Kier molecular flexibility index (Phi) is 7.34. The molecule has 0 amide bonds. The first-order valence-electron chi connectivity index (χ1n) is 11.6. The van der Waals surface area contributed by atoms with Gasteiger partial charge >= 0.3 is 11.7 Å². The highest BCUT2D eigenvalue weighted by atomic mass is 16.5. The van der Waals surface area contributed by atoms with Gasteiger partial charge < -0.3 is 14.8 Å². The van der Waals surface area contributed by atoms with Gasteiger partial charge in [0.05, 0.1) is 11.8 Å². The quantitative estimate of drug-likeness (QED) is 0.343. The molecule has 0 aliphatic heterocycles. The number of aliphatic carboxylic acids is 1. The number of carboxylic acid groups (broad SMARTS) is 1. The van der Waals surface area contributed by atoms with Gasteiger partial charge in [-0.05, 0) is 31.0 Å². The Bertz CT molecular complexity index is 1580. The number of carboxylic acids is 1. The first-order valence-corrected chi connectivity index (χ1v) is 11.6. The van der Waals surface area contributed by atoms with E-state index in [1.807, 2.05) is 13.8 Å². The van der Waals surface area contributed by atoms with Crippen molar-refractivity contribution in [3.05, 3.63) is 63.1 Å². The van der Waals surface area contributed by atoms with Gasteiger partial charge in [0, 0.05) is 24.8 Å². The van der Waals surface area contributed by atoms with Crippen LogP contribution in [0, 0.1) is 11.8 Å². The molecule has 186 valence electrons. The molecular formula is C25H26N6O5. The second-order valence-electron chi connectivity index (χ2n) is 8.11. The molecule has 0 saturated carbocycles. The molecule has 4 rings (SSSR count). The maximum absolute atomic E-state index is 12.9. The minimum atomic E-state index is -1.05. The molecule has 11 heteroatoms. The Morgan fingerprint density at radius 3 is 2.69 bits per heavy atom. The van der Waals surface area contributed by atoms with Gasteiger partial charge in [-0.25, -0.2) is 14.6 Å². The molecule has 36 heavy (non-hydrogen) atoms. The van der Waals surface area contributed by atoms with Crippen LogP contribution < -0.4 is 16.0 Å². The minimum absolute atomic E-state index is 0.295. The number of nitrogens with one attached hydrogen (secondary N) is 1. The third kappa shape index (κ3) is 5.22. The van der Waals surface area contributed by atoms with E-state index >= 15 is 0 Å². The molecule has 0 bridgehead atoms. The lowest BCUT2D eigenvalue weighted by molar-refractivity contribution is -0.139. The van der Waals surface area contributed by atoms with Crippen molar-refractivity contribution in [3.63, 3.8) is 0 Å². The van der Waals surface area contributed by atoms with Crippen LogP contribution in [-0.4, -0.2) is 46.6 Å². The van der Waals surface area contributed by atoms with Crippen LogP contribution >= 0.6 is 0 Å². The molecule has 0 radical (unpaired) electrons. The van der Waals surface area contributed by atoms with Crippen LogP contribution in [0.1, 0.15) is 32.3 Å². The maximum Gasteiger partial charge on any atom is 0.341 e. The van der Waals surface area contributed by atoms with Gasteiger partial charge in [0.2, 0.25) is 0 Å². The smallest absolute Gasteiger partial charge is 0.341 e. The van der Waals surface area contributed by atoms with E-state index in [1.165, 1.54) is 9.13 Å². The summed E-state index contributed by atoms with van der Waals surface area (Å²) in [5.74, 6) is 5.84. The second kappa shape index (κ2) is 10.8. The average Bonchev–Trinajstić information content (AvgIpc) is 3.51. The van der Waals surface area contributed by atoms with Crippen LogP contribution in [-0.2, 0) is 24.4 Å². The standard InChI is InChI=1S/C25H26N6O5/c1-3-10-30-23-21(24(34)31(11-4-2)25(30)35)27-22(28-23)18-14-26-29(15-18)12-6-8-17-7-5-9-19(13-17)36-16-20(32)33/h5,7,9,13-15H,3-4,10-12,16H2,1-2H3,(H,27,28)(H,32,33). The highest BCUT2D eigenvalue weighted by Crippen LogP contribution is 2.18. The molecule has 0 unspecified atom stereocenters. The zero-order valence-electron chi connectivity index (χ0n) is 20.0. The predicted octanol–water partition coefficient (Wildman–Crippen LogP) is 2.08. The Morgan fingerprint density at radius 2 is 1.94 bits per heavy atom. The number of carbonyl (C=O) groups is 1. The van der Waals surface area contributed by atoms with E-state index < -0.39 is 12.6 Å². The van der Waals surface area contributed by atoms with Crippen molar-refractivity contribution >= 4 is 17.1 Å². The number of hydrogen-bond acceptors (Lipinski definition) is 6. The fraction of sp³-hybridized carbons (Fsp3) is 0.320. The molecule has 2 N–H and O–H groups in total. The van der Waals surface area contributed by atoms with Gasteiger partial charge in [-0.2, -0.15) is 5.10 Å². The van der Waals surface area contributed by atoms with Crippen molar-refractivity contribution in [1.82, 2.24) is 28.9 Å². The highest BCUT2D eigenvalue weighted by molar-refractivity contribution is 5.75.